The highest BCUT2D eigenvalue weighted by Gasteiger charge is 2.06. The van der Waals surface area contributed by atoms with Crippen molar-refractivity contribution in [2.75, 3.05) is 13.7 Å². The van der Waals surface area contributed by atoms with Gasteiger partial charge in [0.2, 0.25) is 6.08 Å². The lowest BCUT2D eigenvalue weighted by Crippen LogP contribution is -1.99. The Labute approximate surface area is 124 Å². The highest BCUT2D eigenvalue weighted by Crippen LogP contribution is 2.29. The van der Waals surface area contributed by atoms with Crippen LogP contribution in [0, 0.1) is 0 Å². The van der Waals surface area contributed by atoms with Gasteiger partial charge in [-0.2, -0.15) is 0 Å². The molecule has 0 saturated heterocycles. The van der Waals surface area contributed by atoms with Gasteiger partial charge in [0.05, 0.1) is 13.7 Å². The maximum atomic E-state index is 10.1. The average Bonchev–Trinajstić information content (AvgIpc) is 2.54. The van der Waals surface area contributed by atoms with Crippen LogP contribution in [0.5, 0.6) is 11.5 Å². The van der Waals surface area contributed by atoms with Crippen LogP contribution < -0.4 is 9.47 Å². The number of methoxy groups -OCH3 is 1. The molecule has 0 atom stereocenters. The van der Waals surface area contributed by atoms with Crippen molar-refractivity contribution in [2.24, 2.45) is 4.99 Å². The van der Waals surface area contributed by atoms with Crippen LogP contribution in [0.15, 0.2) is 53.5 Å². The zero-order valence-electron chi connectivity index (χ0n) is 11.9. The first-order valence-corrected chi connectivity index (χ1v) is 6.70. The topological polar surface area (TPSA) is 47.9 Å². The summed E-state index contributed by atoms with van der Waals surface area (Å²) in [6, 6.07) is 15.7. The summed E-state index contributed by atoms with van der Waals surface area (Å²) in [5.41, 5.74) is 2.13. The fraction of sp³-hybridized carbons (Fsp3) is 0.235. The van der Waals surface area contributed by atoms with E-state index in [1.54, 1.807) is 13.2 Å². The average molecular weight is 283 g/mol. The second kappa shape index (κ2) is 7.88. The lowest BCUT2D eigenvalue weighted by molar-refractivity contribution is 0.284. The number of aliphatic imine (C=N–C) groups is 1. The summed E-state index contributed by atoms with van der Waals surface area (Å²) in [6.45, 7) is 0.904. The van der Waals surface area contributed by atoms with Gasteiger partial charge in [-0.05, 0) is 29.7 Å². The van der Waals surface area contributed by atoms with Gasteiger partial charge in [0.1, 0.15) is 6.61 Å². The summed E-state index contributed by atoms with van der Waals surface area (Å²) >= 11 is 0. The van der Waals surface area contributed by atoms with Gasteiger partial charge >= 0.3 is 0 Å². The van der Waals surface area contributed by atoms with Gasteiger partial charge in [-0.25, -0.2) is 9.79 Å². The van der Waals surface area contributed by atoms with E-state index >= 15 is 0 Å². The monoisotopic (exact) mass is 283 g/mol. The van der Waals surface area contributed by atoms with Crippen molar-refractivity contribution in [1.82, 2.24) is 0 Å². The van der Waals surface area contributed by atoms with Crippen LogP contribution in [0.2, 0.25) is 0 Å². The normalized spacial score (nSPS) is 9.76. The predicted molar refractivity (Wildman–Crippen MR) is 80.5 cm³/mol. The third kappa shape index (κ3) is 4.48. The number of hydrogen-bond acceptors (Lipinski definition) is 4. The van der Waals surface area contributed by atoms with Crippen LogP contribution in [0.4, 0.5) is 0 Å². The number of ether oxygens (including phenoxy) is 2. The molecule has 0 N–H and O–H groups in total. The van der Waals surface area contributed by atoms with Gasteiger partial charge in [0.25, 0.3) is 0 Å². The Bertz CT molecular complexity index is 619. The highest BCUT2D eigenvalue weighted by atomic mass is 16.5. The molecule has 0 aromatic heterocycles. The number of carbonyl (C=O) groups excluding carboxylic acids is 1. The van der Waals surface area contributed by atoms with Crippen molar-refractivity contribution in [3.05, 3.63) is 59.7 Å². The Morgan fingerprint density at radius 2 is 1.86 bits per heavy atom. The molecule has 2 rings (SSSR count). The first-order chi connectivity index (χ1) is 10.3. The molecule has 0 aliphatic heterocycles. The van der Waals surface area contributed by atoms with Gasteiger partial charge in [-0.15, -0.1) is 0 Å². The smallest absolute Gasteiger partial charge is 0.234 e. The van der Waals surface area contributed by atoms with Gasteiger partial charge in [0.15, 0.2) is 11.5 Å². The van der Waals surface area contributed by atoms with Gasteiger partial charge in [-0.1, -0.05) is 36.4 Å². The van der Waals surface area contributed by atoms with Gasteiger partial charge in [0, 0.05) is 0 Å². The lowest BCUT2D eigenvalue weighted by Gasteiger charge is -2.12. The minimum absolute atomic E-state index is 0.425. The molecule has 0 bridgehead atoms. The van der Waals surface area contributed by atoms with Crippen LogP contribution in [-0.2, 0) is 17.8 Å². The molecule has 2 aromatic rings. The van der Waals surface area contributed by atoms with E-state index in [9.17, 15) is 4.79 Å². The van der Waals surface area contributed by atoms with Crippen molar-refractivity contribution in [2.45, 2.75) is 13.0 Å². The minimum Gasteiger partial charge on any atom is -0.493 e. The van der Waals surface area contributed by atoms with E-state index in [4.69, 9.17) is 9.47 Å². The third-order valence-electron chi connectivity index (χ3n) is 3.04. The summed E-state index contributed by atoms with van der Waals surface area (Å²) in [4.78, 5) is 13.6. The molecule has 0 heterocycles. The Morgan fingerprint density at radius 3 is 2.57 bits per heavy atom. The van der Waals surface area contributed by atoms with E-state index in [-0.39, 0.29) is 0 Å². The summed E-state index contributed by atoms with van der Waals surface area (Å²) < 4.78 is 11.1. The maximum absolute atomic E-state index is 10.1. The molecule has 0 spiro atoms. The molecule has 0 saturated carbocycles. The van der Waals surface area contributed by atoms with E-state index < -0.39 is 0 Å². The molecule has 4 heteroatoms. The second-order valence-corrected chi connectivity index (χ2v) is 4.48. The number of benzene rings is 2. The predicted octanol–water partition coefficient (Wildman–Crippen LogP) is 3.15. The second-order valence-electron chi connectivity index (χ2n) is 4.48. The minimum atomic E-state index is 0.425. The van der Waals surface area contributed by atoms with E-state index in [1.807, 2.05) is 48.5 Å². The Kier molecular flexibility index (Phi) is 5.56. The summed E-state index contributed by atoms with van der Waals surface area (Å²) in [6.07, 6.45) is 2.21. The molecule has 0 aliphatic rings. The molecule has 0 radical (unpaired) electrons. The Hall–Kier alpha value is -2.58. The first kappa shape index (κ1) is 14.8. The summed E-state index contributed by atoms with van der Waals surface area (Å²) in [5.74, 6) is 1.38. The highest BCUT2D eigenvalue weighted by molar-refractivity contribution is 5.43. The van der Waals surface area contributed by atoms with Crippen molar-refractivity contribution in [3.63, 3.8) is 0 Å². The fourth-order valence-corrected chi connectivity index (χ4v) is 1.96. The molecule has 108 valence electrons. The molecule has 0 unspecified atom stereocenters. The van der Waals surface area contributed by atoms with Gasteiger partial charge < -0.3 is 9.47 Å². The van der Waals surface area contributed by atoms with E-state index in [1.165, 1.54) is 0 Å². The van der Waals surface area contributed by atoms with Crippen molar-refractivity contribution < 1.29 is 14.3 Å². The number of hydrogen-bond donors (Lipinski definition) is 0. The molecule has 2 aromatic carbocycles. The standard InChI is InChI=1S/C17H17NO3/c1-20-16-8-7-14(9-10-18-13-19)11-17(16)21-12-15-5-3-2-4-6-15/h2-8,11H,9-10,12H2,1H3. The Morgan fingerprint density at radius 1 is 1.05 bits per heavy atom. The summed E-state index contributed by atoms with van der Waals surface area (Å²) in [5, 5.41) is 0. The number of rotatable bonds is 7. The zero-order valence-corrected chi connectivity index (χ0v) is 11.9. The number of nitrogens with zero attached hydrogens (tertiary/aromatic N) is 1. The molecule has 0 amide bonds. The van der Waals surface area contributed by atoms with E-state index in [2.05, 4.69) is 4.99 Å². The number of isocyanates is 1. The van der Waals surface area contributed by atoms with Crippen molar-refractivity contribution in [1.29, 1.82) is 0 Å². The fourth-order valence-electron chi connectivity index (χ4n) is 1.96. The van der Waals surface area contributed by atoms with E-state index in [0.29, 0.717) is 31.1 Å². The molecular weight excluding hydrogens is 266 g/mol. The maximum Gasteiger partial charge on any atom is 0.234 e. The summed E-state index contributed by atoms with van der Waals surface area (Å²) in [7, 11) is 1.61. The lowest BCUT2D eigenvalue weighted by atomic mass is 10.1. The van der Waals surface area contributed by atoms with Crippen LogP contribution in [0.1, 0.15) is 11.1 Å². The zero-order chi connectivity index (χ0) is 14.9. The third-order valence-corrected chi connectivity index (χ3v) is 3.04. The van der Waals surface area contributed by atoms with Gasteiger partial charge in [-0.3, -0.25) is 0 Å². The molecule has 4 nitrogen and oxygen atoms in total. The van der Waals surface area contributed by atoms with Crippen LogP contribution in [-0.4, -0.2) is 19.7 Å². The quantitative estimate of drug-likeness (QED) is 0.579. The molecule has 0 aliphatic carbocycles. The first-order valence-electron chi connectivity index (χ1n) is 6.70. The Balaban J connectivity index is 2.08. The van der Waals surface area contributed by atoms with E-state index in [0.717, 1.165) is 11.1 Å². The molecule has 21 heavy (non-hydrogen) atoms. The van der Waals surface area contributed by atoms with Crippen LogP contribution in [0.25, 0.3) is 0 Å². The van der Waals surface area contributed by atoms with Crippen molar-refractivity contribution in [3.8, 4) is 11.5 Å². The van der Waals surface area contributed by atoms with Crippen LogP contribution in [0.3, 0.4) is 0 Å². The largest absolute Gasteiger partial charge is 0.493 e. The van der Waals surface area contributed by atoms with Crippen molar-refractivity contribution >= 4 is 6.08 Å². The molecule has 0 fully saturated rings. The molecular formula is C17H17NO3. The SMILES string of the molecule is COc1ccc(CCN=C=O)cc1OCc1ccccc1. The van der Waals surface area contributed by atoms with Crippen LogP contribution >= 0.6 is 0 Å².